The van der Waals surface area contributed by atoms with Crippen molar-refractivity contribution in [2.75, 3.05) is 13.1 Å². The van der Waals surface area contributed by atoms with E-state index in [-0.39, 0.29) is 17.0 Å². The molecule has 1 aromatic heterocycles. The van der Waals surface area contributed by atoms with Gasteiger partial charge in [-0.3, -0.25) is 4.68 Å². The van der Waals surface area contributed by atoms with E-state index < -0.39 is 10.0 Å². The quantitative estimate of drug-likeness (QED) is 0.878. The maximum absolute atomic E-state index is 12.8. The fourth-order valence-corrected chi connectivity index (χ4v) is 4.99. The van der Waals surface area contributed by atoms with Crippen LogP contribution in [0.4, 0.5) is 0 Å². The molecule has 1 heterocycles. The largest absolute Gasteiger partial charge is 0.330 e. The minimum atomic E-state index is -3.50. The highest BCUT2D eigenvalue weighted by molar-refractivity contribution is 7.89. The summed E-state index contributed by atoms with van der Waals surface area (Å²) in [5.41, 5.74) is 5.84. The van der Waals surface area contributed by atoms with Crippen molar-refractivity contribution in [1.29, 1.82) is 0 Å². The second kappa shape index (κ2) is 6.24. The van der Waals surface area contributed by atoms with Gasteiger partial charge >= 0.3 is 0 Å². The number of aryl methyl sites for hydroxylation is 1. The Morgan fingerprint density at radius 1 is 1.45 bits per heavy atom. The van der Waals surface area contributed by atoms with E-state index in [0.29, 0.717) is 13.1 Å². The average molecular weight is 300 g/mol. The summed E-state index contributed by atoms with van der Waals surface area (Å²) in [7, 11) is -1.85. The van der Waals surface area contributed by atoms with E-state index in [1.165, 1.54) is 10.9 Å². The van der Waals surface area contributed by atoms with E-state index in [1.54, 1.807) is 17.4 Å². The highest BCUT2D eigenvalue weighted by Gasteiger charge is 2.37. The highest BCUT2D eigenvalue weighted by atomic mass is 32.2. The van der Waals surface area contributed by atoms with Gasteiger partial charge in [0.15, 0.2) is 5.03 Å². The van der Waals surface area contributed by atoms with Crippen molar-refractivity contribution < 1.29 is 8.42 Å². The van der Waals surface area contributed by atoms with E-state index in [0.717, 1.165) is 25.7 Å². The third-order valence-electron chi connectivity index (χ3n) is 4.20. The van der Waals surface area contributed by atoms with Crippen LogP contribution in [-0.4, -0.2) is 41.6 Å². The Labute approximate surface area is 121 Å². The van der Waals surface area contributed by atoms with Crippen molar-refractivity contribution in [2.45, 2.75) is 43.7 Å². The topological polar surface area (TPSA) is 81.2 Å². The summed E-state index contributed by atoms with van der Waals surface area (Å²) in [6.45, 7) is 2.90. The Kier molecular flexibility index (Phi) is 4.82. The molecule has 1 aromatic rings. The lowest BCUT2D eigenvalue weighted by Gasteiger charge is -2.38. The molecule has 6 nitrogen and oxygen atoms in total. The zero-order valence-electron chi connectivity index (χ0n) is 12.2. The van der Waals surface area contributed by atoms with Gasteiger partial charge in [0.05, 0.1) is 6.20 Å². The molecule has 7 heteroatoms. The Morgan fingerprint density at radius 2 is 2.15 bits per heavy atom. The van der Waals surface area contributed by atoms with Crippen LogP contribution in [0.25, 0.3) is 0 Å². The number of rotatable bonds is 5. The first kappa shape index (κ1) is 15.5. The zero-order chi connectivity index (χ0) is 14.8. The molecular weight excluding hydrogens is 276 g/mol. The van der Waals surface area contributed by atoms with Gasteiger partial charge < -0.3 is 5.73 Å². The molecular formula is C13H24N4O2S. The molecule has 1 fully saturated rings. The molecule has 2 unspecified atom stereocenters. The van der Waals surface area contributed by atoms with Gasteiger partial charge in [0, 0.05) is 19.6 Å². The van der Waals surface area contributed by atoms with Gasteiger partial charge in [-0.05, 0) is 31.4 Å². The Hall–Kier alpha value is -0.920. The molecule has 1 aliphatic carbocycles. The molecule has 2 rings (SSSR count). The predicted molar refractivity (Wildman–Crippen MR) is 77.6 cm³/mol. The molecule has 1 saturated carbocycles. The molecule has 2 N–H and O–H groups in total. The fourth-order valence-electron chi connectivity index (χ4n) is 3.16. The van der Waals surface area contributed by atoms with Crippen LogP contribution < -0.4 is 5.73 Å². The van der Waals surface area contributed by atoms with Gasteiger partial charge in [-0.15, -0.1) is 0 Å². The maximum atomic E-state index is 12.8. The lowest BCUT2D eigenvalue weighted by Crippen LogP contribution is -2.48. The molecule has 0 spiro atoms. The van der Waals surface area contributed by atoms with Crippen LogP contribution in [0.5, 0.6) is 0 Å². The Morgan fingerprint density at radius 3 is 2.70 bits per heavy atom. The van der Waals surface area contributed by atoms with Crippen LogP contribution in [-0.2, 0) is 17.1 Å². The summed E-state index contributed by atoms with van der Waals surface area (Å²) in [6.07, 6.45) is 5.63. The lowest BCUT2D eigenvalue weighted by atomic mass is 9.84. The molecule has 0 bridgehead atoms. The molecule has 0 radical (unpaired) electrons. The Bertz CT molecular complexity index is 540. The van der Waals surface area contributed by atoms with Crippen molar-refractivity contribution in [3.05, 3.63) is 12.3 Å². The minimum Gasteiger partial charge on any atom is -0.330 e. The first-order chi connectivity index (χ1) is 9.52. The molecule has 1 aliphatic rings. The third-order valence-corrected chi connectivity index (χ3v) is 6.28. The summed E-state index contributed by atoms with van der Waals surface area (Å²) >= 11 is 0. The van der Waals surface area contributed by atoms with Gasteiger partial charge in [0.2, 0.25) is 0 Å². The monoisotopic (exact) mass is 300 g/mol. The molecule has 2 atom stereocenters. The van der Waals surface area contributed by atoms with Crippen molar-refractivity contribution in [2.24, 2.45) is 18.7 Å². The number of aromatic nitrogens is 2. The minimum absolute atomic E-state index is 0.0126. The first-order valence-electron chi connectivity index (χ1n) is 7.22. The lowest BCUT2D eigenvalue weighted by molar-refractivity contribution is 0.187. The average Bonchev–Trinajstić information content (AvgIpc) is 2.87. The van der Waals surface area contributed by atoms with Gasteiger partial charge in [0.1, 0.15) is 0 Å². The summed E-state index contributed by atoms with van der Waals surface area (Å²) < 4.78 is 28.7. The summed E-state index contributed by atoms with van der Waals surface area (Å²) in [6, 6.07) is 1.57. The van der Waals surface area contributed by atoms with Gasteiger partial charge in [-0.1, -0.05) is 19.8 Å². The van der Waals surface area contributed by atoms with Crippen molar-refractivity contribution in [3.8, 4) is 0 Å². The van der Waals surface area contributed by atoms with Crippen LogP contribution in [0.2, 0.25) is 0 Å². The molecule has 0 aromatic carbocycles. The van der Waals surface area contributed by atoms with E-state index >= 15 is 0 Å². The SMILES string of the molecule is CCN(C1CCCCC1CN)S(=O)(=O)c1ccnn1C. The van der Waals surface area contributed by atoms with E-state index in [9.17, 15) is 8.42 Å². The van der Waals surface area contributed by atoms with Crippen LogP contribution in [0, 0.1) is 5.92 Å². The normalized spacial score (nSPS) is 24.2. The zero-order valence-corrected chi connectivity index (χ0v) is 13.0. The standard InChI is InChI=1S/C13H24N4O2S/c1-3-17(12-7-5-4-6-11(12)10-14)20(18,19)13-8-9-15-16(13)2/h8-9,11-12H,3-7,10,14H2,1-2H3. The van der Waals surface area contributed by atoms with E-state index in [2.05, 4.69) is 5.10 Å². The van der Waals surface area contributed by atoms with Crippen molar-refractivity contribution >= 4 is 10.0 Å². The van der Waals surface area contributed by atoms with Gasteiger partial charge in [-0.2, -0.15) is 9.40 Å². The molecule has 20 heavy (non-hydrogen) atoms. The number of sulfonamides is 1. The van der Waals surface area contributed by atoms with Gasteiger partial charge in [0.25, 0.3) is 10.0 Å². The Balaban J connectivity index is 2.34. The van der Waals surface area contributed by atoms with Crippen LogP contribution in [0.3, 0.4) is 0 Å². The second-order valence-corrected chi connectivity index (χ2v) is 7.19. The number of hydrogen-bond donors (Lipinski definition) is 1. The van der Waals surface area contributed by atoms with Gasteiger partial charge in [-0.25, -0.2) is 8.42 Å². The smallest absolute Gasteiger partial charge is 0.260 e. The van der Waals surface area contributed by atoms with Crippen LogP contribution in [0.15, 0.2) is 17.3 Å². The van der Waals surface area contributed by atoms with Crippen molar-refractivity contribution in [3.63, 3.8) is 0 Å². The maximum Gasteiger partial charge on any atom is 0.260 e. The first-order valence-corrected chi connectivity index (χ1v) is 8.66. The van der Waals surface area contributed by atoms with Crippen LogP contribution in [0.1, 0.15) is 32.6 Å². The molecule has 0 aliphatic heterocycles. The summed E-state index contributed by atoms with van der Waals surface area (Å²) in [4.78, 5) is 0. The summed E-state index contributed by atoms with van der Waals surface area (Å²) in [5.74, 6) is 0.256. The highest BCUT2D eigenvalue weighted by Crippen LogP contribution is 2.31. The fraction of sp³-hybridized carbons (Fsp3) is 0.769. The number of nitrogens with zero attached hydrogens (tertiary/aromatic N) is 3. The van der Waals surface area contributed by atoms with Crippen LogP contribution >= 0.6 is 0 Å². The molecule has 0 amide bonds. The third kappa shape index (κ3) is 2.75. The second-order valence-electron chi connectivity index (χ2n) is 5.35. The summed E-state index contributed by atoms with van der Waals surface area (Å²) in [5, 5.41) is 4.22. The molecule has 114 valence electrons. The predicted octanol–water partition coefficient (Wildman–Crippen LogP) is 0.948. The van der Waals surface area contributed by atoms with Crippen molar-refractivity contribution in [1.82, 2.24) is 14.1 Å². The molecule has 0 saturated heterocycles. The number of nitrogens with two attached hydrogens (primary N) is 1. The van der Waals surface area contributed by atoms with E-state index in [4.69, 9.17) is 5.73 Å². The van der Waals surface area contributed by atoms with E-state index in [1.807, 2.05) is 6.92 Å². The number of hydrogen-bond acceptors (Lipinski definition) is 4.